The van der Waals surface area contributed by atoms with E-state index < -0.39 is 5.97 Å². The highest BCUT2D eigenvalue weighted by Crippen LogP contribution is 2.29. The van der Waals surface area contributed by atoms with Gasteiger partial charge in [-0.3, -0.25) is 4.79 Å². The zero-order valence-electron chi connectivity index (χ0n) is 17.8. The maximum absolute atomic E-state index is 12.6. The number of rotatable bonds is 7. The van der Waals surface area contributed by atoms with Gasteiger partial charge in [0.1, 0.15) is 5.75 Å². The van der Waals surface area contributed by atoms with Crippen molar-refractivity contribution in [3.63, 3.8) is 0 Å². The first-order valence-corrected chi connectivity index (χ1v) is 10.2. The molecule has 2 aromatic rings. The summed E-state index contributed by atoms with van der Waals surface area (Å²) in [7, 11) is 1.34. The highest BCUT2D eigenvalue weighted by atomic mass is 16.5. The molecule has 1 heterocycles. The average molecular weight is 412 g/mol. The van der Waals surface area contributed by atoms with Crippen molar-refractivity contribution >= 4 is 23.3 Å². The second-order valence-corrected chi connectivity index (χ2v) is 7.29. The number of nitrogens with zero attached hydrogens (tertiary/aromatic N) is 2. The number of aryl methyl sites for hydroxylation is 1. The molecular weight excluding hydrogens is 382 g/mol. The van der Waals surface area contributed by atoms with Crippen LogP contribution in [0.15, 0.2) is 42.5 Å². The Bertz CT molecular complexity index is 875. The highest BCUT2D eigenvalue weighted by molar-refractivity contribution is 5.98. The van der Waals surface area contributed by atoms with Crippen LogP contribution >= 0.6 is 0 Å². The predicted octanol–water partition coefficient (Wildman–Crippen LogP) is 2.94. The van der Waals surface area contributed by atoms with Crippen molar-refractivity contribution in [2.75, 3.05) is 56.7 Å². The molecule has 0 spiro atoms. The Hall–Kier alpha value is -3.06. The van der Waals surface area contributed by atoms with Gasteiger partial charge in [0.25, 0.3) is 5.91 Å². The number of hydrogen-bond donors (Lipinski definition) is 1. The maximum atomic E-state index is 12.6. The second kappa shape index (κ2) is 10.1. The van der Waals surface area contributed by atoms with Gasteiger partial charge in [-0.2, -0.15) is 0 Å². The standard InChI is InChI=1S/C23H29N3O4/c1-4-25-11-13-26(14-12-25)21-10-7-18(23(28)29-3)15-20(21)24-22(27)16-30-19-8-5-17(2)6-9-19/h5-10,15H,4,11-14,16H2,1-3H3,(H,24,27). The molecule has 30 heavy (non-hydrogen) atoms. The number of amides is 1. The van der Waals surface area contributed by atoms with E-state index in [0.29, 0.717) is 17.0 Å². The van der Waals surface area contributed by atoms with Gasteiger partial charge in [-0.1, -0.05) is 24.6 Å². The van der Waals surface area contributed by atoms with Gasteiger partial charge in [-0.15, -0.1) is 0 Å². The lowest BCUT2D eigenvalue weighted by Gasteiger charge is -2.36. The van der Waals surface area contributed by atoms with Crippen LogP contribution in [0.4, 0.5) is 11.4 Å². The van der Waals surface area contributed by atoms with E-state index in [4.69, 9.17) is 9.47 Å². The Morgan fingerprint density at radius 3 is 2.37 bits per heavy atom. The molecule has 160 valence electrons. The fourth-order valence-electron chi connectivity index (χ4n) is 3.43. The molecule has 0 radical (unpaired) electrons. The number of methoxy groups -OCH3 is 1. The first kappa shape index (κ1) is 21.6. The molecule has 0 aliphatic carbocycles. The number of nitrogens with one attached hydrogen (secondary N) is 1. The van der Waals surface area contributed by atoms with Crippen LogP contribution in [0, 0.1) is 6.92 Å². The van der Waals surface area contributed by atoms with Gasteiger partial charge in [-0.05, 0) is 43.8 Å². The quantitative estimate of drug-likeness (QED) is 0.707. The largest absolute Gasteiger partial charge is 0.484 e. The summed E-state index contributed by atoms with van der Waals surface area (Å²) in [6, 6.07) is 12.8. The molecule has 0 atom stereocenters. The van der Waals surface area contributed by atoms with Crippen LogP contribution < -0.4 is 15.0 Å². The van der Waals surface area contributed by atoms with Crippen molar-refractivity contribution in [3.8, 4) is 5.75 Å². The molecule has 1 aliphatic heterocycles. The highest BCUT2D eigenvalue weighted by Gasteiger charge is 2.20. The molecule has 1 saturated heterocycles. The third-order valence-corrected chi connectivity index (χ3v) is 5.24. The minimum absolute atomic E-state index is 0.117. The van der Waals surface area contributed by atoms with E-state index in [1.807, 2.05) is 37.3 Å². The van der Waals surface area contributed by atoms with Crippen molar-refractivity contribution in [1.82, 2.24) is 4.90 Å². The SMILES string of the molecule is CCN1CCN(c2ccc(C(=O)OC)cc2NC(=O)COc2ccc(C)cc2)CC1. The summed E-state index contributed by atoms with van der Waals surface area (Å²) >= 11 is 0. The van der Waals surface area contributed by atoms with Gasteiger partial charge in [0.15, 0.2) is 6.61 Å². The van der Waals surface area contributed by atoms with E-state index in [2.05, 4.69) is 22.0 Å². The summed E-state index contributed by atoms with van der Waals surface area (Å²) in [6.45, 7) is 8.68. The Morgan fingerprint density at radius 1 is 1.03 bits per heavy atom. The van der Waals surface area contributed by atoms with Crippen molar-refractivity contribution in [1.29, 1.82) is 0 Å². The van der Waals surface area contributed by atoms with Crippen molar-refractivity contribution < 1.29 is 19.1 Å². The average Bonchev–Trinajstić information content (AvgIpc) is 2.78. The molecule has 7 nitrogen and oxygen atoms in total. The van der Waals surface area contributed by atoms with Crippen molar-refractivity contribution in [2.45, 2.75) is 13.8 Å². The van der Waals surface area contributed by atoms with Crippen LogP contribution in [-0.2, 0) is 9.53 Å². The van der Waals surface area contributed by atoms with E-state index >= 15 is 0 Å². The zero-order chi connectivity index (χ0) is 21.5. The first-order chi connectivity index (χ1) is 14.5. The van der Waals surface area contributed by atoms with Crippen LogP contribution in [0.2, 0.25) is 0 Å². The van der Waals surface area contributed by atoms with Gasteiger partial charge in [0, 0.05) is 26.2 Å². The van der Waals surface area contributed by atoms with Crippen LogP contribution in [0.25, 0.3) is 0 Å². The summed E-state index contributed by atoms with van der Waals surface area (Å²) in [5, 5.41) is 2.91. The fraction of sp³-hybridized carbons (Fsp3) is 0.391. The summed E-state index contributed by atoms with van der Waals surface area (Å²) in [5.74, 6) is -0.0928. The molecule has 0 unspecified atom stereocenters. The molecule has 1 aliphatic rings. The number of ether oxygens (including phenoxy) is 2. The number of benzene rings is 2. The fourth-order valence-corrected chi connectivity index (χ4v) is 3.43. The third-order valence-electron chi connectivity index (χ3n) is 5.24. The smallest absolute Gasteiger partial charge is 0.337 e. The van der Waals surface area contributed by atoms with E-state index in [1.165, 1.54) is 7.11 Å². The number of carbonyl (C=O) groups excluding carboxylic acids is 2. The summed E-state index contributed by atoms with van der Waals surface area (Å²) < 4.78 is 10.4. The minimum atomic E-state index is -0.441. The van der Waals surface area contributed by atoms with Crippen molar-refractivity contribution in [2.24, 2.45) is 0 Å². The number of piperazine rings is 1. The molecule has 2 aromatic carbocycles. The minimum Gasteiger partial charge on any atom is -0.484 e. The monoisotopic (exact) mass is 411 g/mol. The predicted molar refractivity (Wildman–Crippen MR) is 117 cm³/mol. The van der Waals surface area contributed by atoms with E-state index in [-0.39, 0.29) is 12.5 Å². The van der Waals surface area contributed by atoms with Gasteiger partial charge in [0.2, 0.25) is 0 Å². The summed E-state index contributed by atoms with van der Waals surface area (Å²) in [6.07, 6.45) is 0. The molecule has 1 fully saturated rings. The first-order valence-electron chi connectivity index (χ1n) is 10.2. The van der Waals surface area contributed by atoms with Gasteiger partial charge < -0.3 is 24.6 Å². The zero-order valence-corrected chi connectivity index (χ0v) is 17.8. The van der Waals surface area contributed by atoms with Crippen LogP contribution in [0.1, 0.15) is 22.8 Å². The van der Waals surface area contributed by atoms with E-state index in [1.54, 1.807) is 12.1 Å². The number of carbonyl (C=O) groups is 2. The van der Waals surface area contributed by atoms with Gasteiger partial charge in [0.05, 0.1) is 24.0 Å². The Kier molecular flexibility index (Phi) is 7.30. The van der Waals surface area contributed by atoms with E-state index in [0.717, 1.165) is 44.0 Å². The number of likely N-dealkylation sites (N-methyl/N-ethyl adjacent to an activating group) is 1. The van der Waals surface area contributed by atoms with Gasteiger partial charge >= 0.3 is 5.97 Å². The van der Waals surface area contributed by atoms with Crippen molar-refractivity contribution in [3.05, 3.63) is 53.6 Å². The Balaban J connectivity index is 1.73. The molecule has 3 rings (SSSR count). The molecule has 7 heteroatoms. The summed E-state index contributed by atoms with van der Waals surface area (Å²) in [5.41, 5.74) is 2.99. The van der Waals surface area contributed by atoms with Crippen LogP contribution in [-0.4, -0.2) is 63.2 Å². The normalized spacial score (nSPS) is 14.3. The number of hydrogen-bond acceptors (Lipinski definition) is 6. The molecule has 1 N–H and O–H groups in total. The molecule has 0 bridgehead atoms. The maximum Gasteiger partial charge on any atom is 0.337 e. The molecule has 1 amide bonds. The summed E-state index contributed by atoms with van der Waals surface area (Å²) in [4.78, 5) is 29.1. The number of esters is 1. The lowest BCUT2D eigenvalue weighted by Crippen LogP contribution is -2.46. The lowest BCUT2D eigenvalue weighted by atomic mass is 10.1. The topological polar surface area (TPSA) is 71.1 Å². The molecule has 0 aromatic heterocycles. The van der Waals surface area contributed by atoms with Crippen LogP contribution in [0.3, 0.4) is 0 Å². The second-order valence-electron chi connectivity index (χ2n) is 7.29. The number of anilines is 2. The molecule has 0 saturated carbocycles. The lowest BCUT2D eigenvalue weighted by molar-refractivity contribution is -0.118. The van der Waals surface area contributed by atoms with Gasteiger partial charge in [-0.25, -0.2) is 4.79 Å². The molecular formula is C23H29N3O4. The van der Waals surface area contributed by atoms with Crippen LogP contribution in [0.5, 0.6) is 5.75 Å². The van der Waals surface area contributed by atoms with E-state index in [9.17, 15) is 9.59 Å². The Labute approximate surface area is 177 Å². The third kappa shape index (κ3) is 5.51. The Morgan fingerprint density at radius 2 is 1.73 bits per heavy atom.